The molecule has 1 aromatic rings. The molecule has 0 aliphatic rings. The first-order valence-electron chi connectivity index (χ1n) is 5.86. The lowest BCUT2D eigenvalue weighted by atomic mass is 10.2. The monoisotopic (exact) mass is 236 g/mol. The van der Waals surface area contributed by atoms with Crippen molar-refractivity contribution in [1.82, 2.24) is 0 Å². The van der Waals surface area contributed by atoms with Gasteiger partial charge >= 0.3 is 0 Å². The van der Waals surface area contributed by atoms with Gasteiger partial charge in [-0.25, -0.2) is 0 Å². The van der Waals surface area contributed by atoms with Gasteiger partial charge in [0.25, 0.3) is 0 Å². The van der Waals surface area contributed by atoms with Crippen LogP contribution in [0.15, 0.2) is 24.3 Å². The molecule has 1 rings (SSSR count). The minimum absolute atomic E-state index is 0.143. The minimum Gasteiger partial charge on any atom is -0.491 e. The summed E-state index contributed by atoms with van der Waals surface area (Å²) in [5.41, 5.74) is 6.35. The van der Waals surface area contributed by atoms with E-state index in [2.05, 4.69) is 5.32 Å². The zero-order chi connectivity index (χ0) is 12.8. The van der Waals surface area contributed by atoms with Crippen LogP contribution in [0.4, 0.5) is 5.69 Å². The highest BCUT2D eigenvalue weighted by Crippen LogP contribution is 2.17. The third-order valence-electron chi connectivity index (χ3n) is 2.27. The van der Waals surface area contributed by atoms with Crippen LogP contribution in [-0.4, -0.2) is 18.1 Å². The summed E-state index contributed by atoms with van der Waals surface area (Å²) in [5, 5.41) is 2.75. The maximum atomic E-state index is 11.5. The molecule has 0 unspecified atom stereocenters. The van der Waals surface area contributed by atoms with Gasteiger partial charge in [0, 0.05) is 5.69 Å². The highest BCUT2D eigenvalue weighted by atomic mass is 16.5. The molecular formula is C13H20N2O2. The van der Waals surface area contributed by atoms with Crippen molar-refractivity contribution in [1.29, 1.82) is 0 Å². The predicted octanol–water partition coefficient (Wildman–Crippen LogP) is 2.15. The van der Waals surface area contributed by atoms with Gasteiger partial charge in [-0.3, -0.25) is 4.79 Å². The lowest BCUT2D eigenvalue weighted by molar-refractivity contribution is -0.117. The second kappa shape index (κ2) is 6.25. The van der Waals surface area contributed by atoms with Crippen LogP contribution in [0.2, 0.25) is 0 Å². The Morgan fingerprint density at radius 1 is 1.35 bits per heavy atom. The number of nitrogens with one attached hydrogen (secondary N) is 1. The lowest BCUT2D eigenvalue weighted by Crippen LogP contribution is -2.34. The average molecular weight is 236 g/mol. The number of hydrogen-bond donors (Lipinski definition) is 2. The van der Waals surface area contributed by atoms with Crippen LogP contribution >= 0.6 is 0 Å². The van der Waals surface area contributed by atoms with Crippen LogP contribution in [0, 0.1) is 0 Å². The Morgan fingerprint density at radius 2 is 1.94 bits per heavy atom. The zero-order valence-electron chi connectivity index (χ0n) is 10.6. The van der Waals surface area contributed by atoms with E-state index in [1.165, 1.54) is 0 Å². The van der Waals surface area contributed by atoms with Crippen LogP contribution in [-0.2, 0) is 4.79 Å². The van der Waals surface area contributed by atoms with E-state index < -0.39 is 6.04 Å². The summed E-state index contributed by atoms with van der Waals surface area (Å²) in [4.78, 5) is 11.5. The first kappa shape index (κ1) is 13.5. The SMILES string of the molecule is CC[C@H](N)C(=O)Nc1ccc(OC(C)C)cc1. The fourth-order valence-corrected chi connectivity index (χ4v) is 1.31. The van der Waals surface area contributed by atoms with Gasteiger partial charge in [-0.1, -0.05) is 6.92 Å². The maximum absolute atomic E-state index is 11.5. The number of carbonyl (C=O) groups is 1. The number of hydrogen-bond acceptors (Lipinski definition) is 3. The summed E-state index contributed by atoms with van der Waals surface area (Å²) in [6, 6.07) is 6.80. The quantitative estimate of drug-likeness (QED) is 0.823. The molecule has 0 heterocycles. The van der Waals surface area contributed by atoms with Crippen molar-refractivity contribution < 1.29 is 9.53 Å². The predicted molar refractivity (Wildman–Crippen MR) is 69.1 cm³/mol. The van der Waals surface area contributed by atoms with E-state index in [-0.39, 0.29) is 12.0 Å². The van der Waals surface area contributed by atoms with Crippen molar-refractivity contribution in [2.45, 2.75) is 39.3 Å². The minimum atomic E-state index is -0.457. The van der Waals surface area contributed by atoms with Crippen LogP contribution in [0.5, 0.6) is 5.75 Å². The molecule has 0 spiro atoms. The van der Waals surface area contributed by atoms with Crippen molar-refractivity contribution >= 4 is 11.6 Å². The van der Waals surface area contributed by atoms with Gasteiger partial charge < -0.3 is 15.8 Å². The van der Waals surface area contributed by atoms with Crippen molar-refractivity contribution in [2.24, 2.45) is 5.73 Å². The summed E-state index contributed by atoms with van der Waals surface area (Å²) in [6.45, 7) is 5.82. The van der Waals surface area contributed by atoms with Gasteiger partial charge in [0.05, 0.1) is 12.1 Å². The third-order valence-corrected chi connectivity index (χ3v) is 2.27. The first-order valence-corrected chi connectivity index (χ1v) is 5.86. The largest absolute Gasteiger partial charge is 0.491 e. The van der Waals surface area contributed by atoms with Crippen LogP contribution < -0.4 is 15.8 Å². The average Bonchev–Trinajstić information content (AvgIpc) is 2.30. The fraction of sp³-hybridized carbons (Fsp3) is 0.462. The lowest BCUT2D eigenvalue weighted by Gasteiger charge is -2.12. The molecule has 17 heavy (non-hydrogen) atoms. The van der Waals surface area contributed by atoms with Gasteiger partial charge in [0.1, 0.15) is 5.75 Å². The van der Waals surface area contributed by atoms with Crippen molar-refractivity contribution in [2.75, 3.05) is 5.32 Å². The Morgan fingerprint density at radius 3 is 2.41 bits per heavy atom. The van der Waals surface area contributed by atoms with E-state index in [1.54, 1.807) is 12.1 Å². The van der Waals surface area contributed by atoms with Gasteiger partial charge in [0.15, 0.2) is 0 Å². The molecule has 0 aliphatic heterocycles. The van der Waals surface area contributed by atoms with Gasteiger partial charge in [-0.05, 0) is 44.5 Å². The normalized spacial score (nSPS) is 12.3. The summed E-state index contributed by atoms with van der Waals surface area (Å²) in [7, 11) is 0. The van der Waals surface area contributed by atoms with E-state index in [1.807, 2.05) is 32.9 Å². The van der Waals surface area contributed by atoms with E-state index >= 15 is 0 Å². The topological polar surface area (TPSA) is 64.4 Å². The van der Waals surface area contributed by atoms with Gasteiger partial charge in [-0.15, -0.1) is 0 Å². The molecular weight excluding hydrogens is 216 g/mol. The highest BCUT2D eigenvalue weighted by Gasteiger charge is 2.10. The molecule has 1 aromatic carbocycles. The molecule has 0 fully saturated rings. The zero-order valence-corrected chi connectivity index (χ0v) is 10.6. The van der Waals surface area contributed by atoms with E-state index in [9.17, 15) is 4.79 Å². The molecule has 0 bridgehead atoms. The molecule has 0 aliphatic carbocycles. The Labute approximate surface area is 102 Å². The van der Waals surface area contributed by atoms with Gasteiger partial charge in [-0.2, -0.15) is 0 Å². The second-order valence-corrected chi connectivity index (χ2v) is 4.19. The van der Waals surface area contributed by atoms with E-state index in [4.69, 9.17) is 10.5 Å². The molecule has 1 amide bonds. The summed E-state index contributed by atoms with van der Waals surface area (Å²) in [5.74, 6) is 0.628. The Balaban J connectivity index is 2.59. The van der Waals surface area contributed by atoms with Crippen molar-refractivity contribution in [3.05, 3.63) is 24.3 Å². The van der Waals surface area contributed by atoms with E-state index in [0.717, 1.165) is 11.4 Å². The Bertz CT molecular complexity index is 360. The first-order chi connectivity index (χ1) is 8.02. The van der Waals surface area contributed by atoms with E-state index in [0.29, 0.717) is 6.42 Å². The third kappa shape index (κ3) is 4.44. The number of rotatable bonds is 5. The molecule has 4 nitrogen and oxygen atoms in total. The van der Waals surface area contributed by atoms with Crippen LogP contribution in [0.25, 0.3) is 0 Å². The number of anilines is 1. The Hall–Kier alpha value is -1.55. The summed E-state index contributed by atoms with van der Waals surface area (Å²) < 4.78 is 5.51. The number of benzene rings is 1. The number of nitrogens with two attached hydrogens (primary N) is 1. The number of carbonyl (C=O) groups excluding carboxylic acids is 1. The molecule has 0 saturated carbocycles. The summed E-state index contributed by atoms with van der Waals surface area (Å²) in [6.07, 6.45) is 0.768. The van der Waals surface area contributed by atoms with Crippen LogP contribution in [0.1, 0.15) is 27.2 Å². The highest BCUT2D eigenvalue weighted by molar-refractivity contribution is 5.94. The van der Waals surface area contributed by atoms with Gasteiger partial charge in [0.2, 0.25) is 5.91 Å². The number of amides is 1. The molecule has 3 N–H and O–H groups in total. The molecule has 0 saturated heterocycles. The van der Waals surface area contributed by atoms with Crippen LogP contribution in [0.3, 0.4) is 0 Å². The summed E-state index contributed by atoms with van der Waals surface area (Å²) >= 11 is 0. The second-order valence-electron chi connectivity index (χ2n) is 4.19. The van der Waals surface area contributed by atoms with Crippen molar-refractivity contribution in [3.8, 4) is 5.75 Å². The maximum Gasteiger partial charge on any atom is 0.241 e. The molecule has 4 heteroatoms. The smallest absolute Gasteiger partial charge is 0.241 e. The Kier molecular flexibility index (Phi) is 4.97. The fourth-order valence-electron chi connectivity index (χ4n) is 1.31. The standard InChI is InChI=1S/C13H20N2O2/c1-4-12(14)13(16)15-10-5-7-11(8-6-10)17-9(2)3/h5-9,12H,4,14H2,1-3H3,(H,15,16)/t12-/m0/s1. The molecule has 0 radical (unpaired) electrons. The molecule has 1 atom stereocenters. The molecule has 0 aromatic heterocycles. The molecule has 94 valence electrons. The number of ether oxygens (including phenoxy) is 1. The van der Waals surface area contributed by atoms with Crippen molar-refractivity contribution in [3.63, 3.8) is 0 Å².